The van der Waals surface area contributed by atoms with Crippen molar-refractivity contribution < 1.29 is 0 Å². The third kappa shape index (κ3) is 1.84. The number of rotatable bonds is 1. The quantitative estimate of drug-likeness (QED) is 0.547. The molecule has 0 saturated heterocycles. The van der Waals surface area contributed by atoms with Gasteiger partial charge in [-0.05, 0) is 19.3 Å². The first-order valence-corrected chi connectivity index (χ1v) is 4.12. The Balaban J connectivity index is 2.51. The van der Waals surface area contributed by atoms with Crippen molar-refractivity contribution in [1.82, 2.24) is 5.32 Å². The van der Waals surface area contributed by atoms with Crippen molar-refractivity contribution in [1.29, 1.82) is 0 Å². The average Bonchev–Trinajstić information content (AvgIpc) is 1.88. The molecule has 0 fully saturated rings. The monoisotopic (exact) mass is 139 g/mol. The van der Waals surface area contributed by atoms with Gasteiger partial charge in [-0.2, -0.15) is 0 Å². The Hall–Kier alpha value is -0.300. The SMILES string of the molecule is CC(C)C1=CCN[C@@H](C)C1. The molecule has 1 aliphatic rings. The molecule has 0 aromatic rings. The molecule has 1 atom stereocenters. The molecule has 0 saturated carbocycles. The van der Waals surface area contributed by atoms with E-state index in [1.54, 1.807) is 5.57 Å². The first kappa shape index (κ1) is 7.80. The highest BCUT2D eigenvalue weighted by Gasteiger charge is 2.11. The molecule has 0 radical (unpaired) electrons. The van der Waals surface area contributed by atoms with Gasteiger partial charge in [-0.15, -0.1) is 0 Å². The summed E-state index contributed by atoms with van der Waals surface area (Å²) in [5.41, 5.74) is 1.62. The van der Waals surface area contributed by atoms with E-state index in [1.165, 1.54) is 6.42 Å². The van der Waals surface area contributed by atoms with Crippen LogP contribution in [0.2, 0.25) is 0 Å². The van der Waals surface area contributed by atoms with Gasteiger partial charge in [0.15, 0.2) is 0 Å². The summed E-state index contributed by atoms with van der Waals surface area (Å²) in [6.07, 6.45) is 3.56. The number of hydrogen-bond acceptors (Lipinski definition) is 1. The maximum atomic E-state index is 3.39. The van der Waals surface area contributed by atoms with Crippen LogP contribution in [0.3, 0.4) is 0 Å². The van der Waals surface area contributed by atoms with Crippen LogP contribution in [0.4, 0.5) is 0 Å². The highest BCUT2D eigenvalue weighted by molar-refractivity contribution is 5.10. The number of nitrogens with one attached hydrogen (secondary N) is 1. The molecule has 0 aromatic heterocycles. The van der Waals surface area contributed by atoms with Crippen molar-refractivity contribution in [2.24, 2.45) is 5.92 Å². The lowest BCUT2D eigenvalue weighted by molar-refractivity contribution is 0.519. The van der Waals surface area contributed by atoms with E-state index in [1.807, 2.05) is 0 Å². The van der Waals surface area contributed by atoms with Crippen molar-refractivity contribution >= 4 is 0 Å². The second-order valence-corrected chi connectivity index (χ2v) is 3.45. The molecule has 1 nitrogen and oxygen atoms in total. The van der Waals surface area contributed by atoms with Crippen molar-refractivity contribution in [3.63, 3.8) is 0 Å². The summed E-state index contributed by atoms with van der Waals surface area (Å²) in [7, 11) is 0. The second-order valence-electron chi connectivity index (χ2n) is 3.45. The van der Waals surface area contributed by atoms with E-state index < -0.39 is 0 Å². The minimum absolute atomic E-state index is 0.683. The Morgan fingerprint density at radius 2 is 2.30 bits per heavy atom. The van der Waals surface area contributed by atoms with Crippen LogP contribution in [0, 0.1) is 5.92 Å². The van der Waals surface area contributed by atoms with Crippen molar-refractivity contribution in [3.8, 4) is 0 Å². The predicted molar refractivity (Wildman–Crippen MR) is 45.0 cm³/mol. The first-order chi connectivity index (χ1) is 4.70. The molecule has 1 aliphatic heterocycles. The first-order valence-electron chi connectivity index (χ1n) is 4.12. The zero-order valence-electron chi connectivity index (χ0n) is 7.15. The van der Waals surface area contributed by atoms with E-state index in [2.05, 4.69) is 32.2 Å². The summed E-state index contributed by atoms with van der Waals surface area (Å²) in [6.45, 7) is 7.85. The molecule has 1 rings (SSSR count). The van der Waals surface area contributed by atoms with Gasteiger partial charge >= 0.3 is 0 Å². The third-order valence-electron chi connectivity index (χ3n) is 2.11. The Bertz CT molecular complexity index is 136. The summed E-state index contributed by atoms with van der Waals surface area (Å²) in [6, 6.07) is 0.683. The van der Waals surface area contributed by atoms with Crippen LogP contribution in [-0.2, 0) is 0 Å². The molecule has 0 aliphatic carbocycles. The maximum Gasteiger partial charge on any atom is 0.0140 e. The Morgan fingerprint density at radius 3 is 2.70 bits per heavy atom. The molecule has 1 N–H and O–H groups in total. The van der Waals surface area contributed by atoms with Gasteiger partial charge in [-0.25, -0.2) is 0 Å². The zero-order chi connectivity index (χ0) is 7.56. The van der Waals surface area contributed by atoms with E-state index >= 15 is 0 Å². The number of hydrogen-bond donors (Lipinski definition) is 1. The van der Waals surface area contributed by atoms with Gasteiger partial charge in [0, 0.05) is 12.6 Å². The minimum Gasteiger partial charge on any atom is -0.310 e. The fraction of sp³-hybridized carbons (Fsp3) is 0.778. The highest BCUT2D eigenvalue weighted by Crippen LogP contribution is 2.17. The van der Waals surface area contributed by atoms with Gasteiger partial charge in [0.1, 0.15) is 0 Å². The fourth-order valence-corrected chi connectivity index (χ4v) is 1.37. The summed E-state index contributed by atoms with van der Waals surface area (Å²) >= 11 is 0. The fourth-order valence-electron chi connectivity index (χ4n) is 1.37. The van der Waals surface area contributed by atoms with Gasteiger partial charge in [-0.1, -0.05) is 25.5 Å². The Morgan fingerprint density at radius 1 is 1.60 bits per heavy atom. The third-order valence-corrected chi connectivity index (χ3v) is 2.11. The van der Waals surface area contributed by atoms with Crippen LogP contribution in [-0.4, -0.2) is 12.6 Å². The summed E-state index contributed by atoms with van der Waals surface area (Å²) in [5.74, 6) is 0.740. The van der Waals surface area contributed by atoms with Gasteiger partial charge in [0.2, 0.25) is 0 Å². The summed E-state index contributed by atoms with van der Waals surface area (Å²) in [4.78, 5) is 0. The smallest absolute Gasteiger partial charge is 0.0140 e. The largest absolute Gasteiger partial charge is 0.310 e. The normalized spacial score (nSPS) is 26.8. The van der Waals surface area contributed by atoms with Gasteiger partial charge < -0.3 is 5.32 Å². The zero-order valence-corrected chi connectivity index (χ0v) is 7.15. The van der Waals surface area contributed by atoms with E-state index in [0.29, 0.717) is 6.04 Å². The summed E-state index contributed by atoms with van der Waals surface area (Å²) in [5, 5.41) is 3.39. The van der Waals surface area contributed by atoms with Gasteiger partial charge in [0.05, 0.1) is 0 Å². The van der Waals surface area contributed by atoms with Crippen LogP contribution in [0.1, 0.15) is 27.2 Å². The van der Waals surface area contributed by atoms with E-state index in [4.69, 9.17) is 0 Å². The predicted octanol–water partition coefficient (Wildman–Crippen LogP) is 1.95. The molecular formula is C9H17N. The van der Waals surface area contributed by atoms with Gasteiger partial charge in [0.25, 0.3) is 0 Å². The standard InChI is InChI=1S/C9H17N/c1-7(2)9-4-5-10-8(3)6-9/h4,7-8,10H,5-6H2,1-3H3/t8-/m0/s1. The molecule has 0 aromatic carbocycles. The minimum atomic E-state index is 0.683. The molecule has 0 amide bonds. The highest BCUT2D eigenvalue weighted by atomic mass is 14.9. The second kappa shape index (κ2) is 3.20. The van der Waals surface area contributed by atoms with E-state index in [9.17, 15) is 0 Å². The Labute approximate surface area is 63.5 Å². The molecular weight excluding hydrogens is 122 g/mol. The molecule has 10 heavy (non-hydrogen) atoms. The lowest BCUT2D eigenvalue weighted by atomic mass is 9.94. The van der Waals surface area contributed by atoms with Gasteiger partial charge in [-0.3, -0.25) is 0 Å². The molecule has 1 heteroatoms. The van der Waals surface area contributed by atoms with Crippen LogP contribution in [0.5, 0.6) is 0 Å². The van der Waals surface area contributed by atoms with E-state index in [-0.39, 0.29) is 0 Å². The summed E-state index contributed by atoms with van der Waals surface area (Å²) < 4.78 is 0. The van der Waals surface area contributed by atoms with Crippen molar-refractivity contribution in [3.05, 3.63) is 11.6 Å². The van der Waals surface area contributed by atoms with E-state index in [0.717, 1.165) is 12.5 Å². The lowest BCUT2D eigenvalue weighted by Crippen LogP contribution is -2.31. The van der Waals surface area contributed by atoms with Crippen LogP contribution in [0.25, 0.3) is 0 Å². The van der Waals surface area contributed by atoms with Crippen LogP contribution in [0.15, 0.2) is 11.6 Å². The molecule has 0 unspecified atom stereocenters. The van der Waals surface area contributed by atoms with Crippen LogP contribution < -0.4 is 5.32 Å². The molecule has 0 spiro atoms. The lowest BCUT2D eigenvalue weighted by Gasteiger charge is -2.22. The Kier molecular flexibility index (Phi) is 2.50. The maximum absolute atomic E-state index is 3.39. The van der Waals surface area contributed by atoms with Crippen LogP contribution >= 0.6 is 0 Å². The molecule has 1 heterocycles. The molecule has 0 bridgehead atoms. The average molecular weight is 139 g/mol. The van der Waals surface area contributed by atoms with Crippen molar-refractivity contribution in [2.75, 3.05) is 6.54 Å². The topological polar surface area (TPSA) is 12.0 Å². The van der Waals surface area contributed by atoms with Crippen molar-refractivity contribution in [2.45, 2.75) is 33.2 Å². The molecule has 58 valence electrons.